The summed E-state index contributed by atoms with van der Waals surface area (Å²) in [6.45, 7) is 4.29. The summed E-state index contributed by atoms with van der Waals surface area (Å²) < 4.78 is 7.39. The van der Waals surface area contributed by atoms with E-state index in [1.54, 1.807) is 23.0 Å². The van der Waals surface area contributed by atoms with Crippen LogP contribution in [-0.2, 0) is 6.42 Å². The summed E-state index contributed by atoms with van der Waals surface area (Å²) in [4.78, 5) is 16.7. The highest BCUT2D eigenvalue weighted by Gasteiger charge is 2.23. The lowest BCUT2D eigenvalue weighted by Crippen LogP contribution is -2.44. The van der Waals surface area contributed by atoms with Crippen LogP contribution in [-0.4, -0.2) is 33.4 Å². The van der Waals surface area contributed by atoms with Crippen LogP contribution in [0.2, 0.25) is 0 Å². The molecule has 1 aliphatic rings. The summed E-state index contributed by atoms with van der Waals surface area (Å²) >= 11 is 0. The second-order valence-corrected chi connectivity index (χ2v) is 7.00. The number of nitrogens with one attached hydrogen (secondary N) is 2. The molecule has 1 unspecified atom stereocenters. The van der Waals surface area contributed by atoms with Crippen molar-refractivity contribution in [1.82, 2.24) is 20.1 Å². The van der Waals surface area contributed by atoms with Crippen molar-refractivity contribution in [2.75, 3.05) is 11.9 Å². The maximum absolute atomic E-state index is 12.5. The number of rotatable bonds is 3. The summed E-state index contributed by atoms with van der Waals surface area (Å²) in [7, 11) is 0. The molecule has 8 heteroatoms. The predicted molar refractivity (Wildman–Crippen MR) is 107 cm³/mol. The first-order valence-corrected chi connectivity index (χ1v) is 9.25. The maximum atomic E-state index is 12.5. The Bertz CT molecular complexity index is 1100. The van der Waals surface area contributed by atoms with Crippen LogP contribution in [0.5, 0.6) is 5.75 Å². The molecule has 0 saturated heterocycles. The van der Waals surface area contributed by atoms with Crippen molar-refractivity contribution in [2.24, 2.45) is 0 Å². The van der Waals surface area contributed by atoms with Gasteiger partial charge in [0, 0.05) is 18.0 Å². The van der Waals surface area contributed by atoms with E-state index < -0.39 is 0 Å². The molecule has 3 aromatic rings. The highest BCUT2D eigenvalue weighted by atomic mass is 16.5. The molecule has 0 fully saturated rings. The van der Waals surface area contributed by atoms with Gasteiger partial charge in [-0.15, -0.1) is 5.10 Å². The molecule has 3 heterocycles. The largest absolute Gasteiger partial charge is 0.491 e. The minimum absolute atomic E-state index is 0.119. The zero-order chi connectivity index (χ0) is 20.4. The number of nitriles is 1. The molecule has 0 bridgehead atoms. The Labute approximate surface area is 168 Å². The molecule has 0 aliphatic carbocycles. The number of anilines is 1. The van der Waals surface area contributed by atoms with E-state index in [0.717, 1.165) is 22.4 Å². The molecule has 0 spiro atoms. The fraction of sp³-hybridized carbons (Fsp3) is 0.238. The minimum Gasteiger partial charge on any atom is -0.491 e. The highest BCUT2D eigenvalue weighted by molar-refractivity contribution is 5.89. The number of hydrogen-bond acceptors (Lipinski definition) is 5. The zero-order valence-corrected chi connectivity index (χ0v) is 16.1. The second kappa shape index (κ2) is 7.64. The van der Waals surface area contributed by atoms with Gasteiger partial charge in [-0.2, -0.15) is 5.26 Å². The van der Waals surface area contributed by atoms with Crippen LogP contribution in [0, 0.1) is 25.2 Å². The van der Waals surface area contributed by atoms with Crippen LogP contribution in [0.4, 0.5) is 10.6 Å². The third kappa shape index (κ3) is 3.89. The van der Waals surface area contributed by atoms with E-state index in [9.17, 15) is 4.79 Å². The topological polar surface area (TPSA) is 105 Å². The number of ether oxygens (including phenoxy) is 1. The highest BCUT2D eigenvalue weighted by Crippen LogP contribution is 2.28. The fourth-order valence-corrected chi connectivity index (χ4v) is 3.30. The van der Waals surface area contributed by atoms with Crippen molar-refractivity contribution in [3.8, 4) is 17.6 Å². The molecule has 0 saturated carbocycles. The maximum Gasteiger partial charge on any atom is 0.320 e. The lowest BCUT2D eigenvalue weighted by Gasteiger charge is -2.27. The van der Waals surface area contributed by atoms with Crippen molar-refractivity contribution >= 4 is 11.8 Å². The Hall–Kier alpha value is -3.86. The number of para-hydroxylation sites is 1. The van der Waals surface area contributed by atoms with Gasteiger partial charge in [-0.05, 0) is 43.5 Å². The first-order chi connectivity index (χ1) is 14.0. The minimum atomic E-state index is -0.337. The molecule has 1 aromatic carbocycles. The molecule has 146 valence electrons. The number of hydrogen-bond donors (Lipinski definition) is 2. The predicted octanol–water partition coefficient (Wildman–Crippen LogP) is 2.88. The number of pyridine rings is 1. The summed E-state index contributed by atoms with van der Waals surface area (Å²) in [6.07, 6.45) is 3.97. The van der Waals surface area contributed by atoms with Gasteiger partial charge in [0.1, 0.15) is 18.4 Å². The van der Waals surface area contributed by atoms with Gasteiger partial charge >= 0.3 is 6.03 Å². The molecule has 2 aromatic heterocycles. The van der Waals surface area contributed by atoms with E-state index in [1.807, 2.05) is 38.1 Å². The standard InChI is InChI=1S/C21H20N6O2/c1-13-4-3-5-16-8-17(12-29-19(13)16)24-21(28)25-20-14(2)11-27(26-20)18-7-6-15(9-22)10-23-18/h3-7,10-11,17H,8,12H2,1-2H3,(H2,24,25,26,28). The Morgan fingerprint density at radius 2 is 2.14 bits per heavy atom. The average molecular weight is 388 g/mol. The second-order valence-electron chi connectivity index (χ2n) is 7.00. The van der Waals surface area contributed by atoms with E-state index >= 15 is 0 Å². The fourth-order valence-electron chi connectivity index (χ4n) is 3.30. The smallest absolute Gasteiger partial charge is 0.320 e. The molecule has 1 aliphatic heterocycles. The summed E-state index contributed by atoms with van der Waals surface area (Å²) in [5.41, 5.74) is 3.46. The lowest BCUT2D eigenvalue weighted by atomic mass is 10.0. The molecular formula is C21H20N6O2. The van der Waals surface area contributed by atoms with Crippen LogP contribution >= 0.6 is 0 Å². The van der Waals surface area contributed by atoms with Crippen LogP contribution < -0.4 is 15.4 Å². The van der Waals surface area contributed by atoms with Crippen molar-refractivity contribution in [3.05, 3.63) is 65.0 Å². The molecular weight excluding hydrogens is 368 g/mol. The van der Waals surface area contributed by atoms with Gasteiger partial charge in [-0.3, -0.25) is 5.32 Å². The summed E-state index contributed by atoms with van der Waals surface area (Å²) in [5, 5.41) is 19.0. The number of nitrogens with zero attached hydrogens (tertiary/aromatic N) is 4. The zero-order valence-electron chi connectivity index (χ0n) is 16.1. The number of urea groups is 1. The van der Waals surface area contributed by atoms with Gasteiger partial charge in [0.15, 0.2) is 11.6 Å². The Balaban J connectivity index is 1.41. The number of amides is 2. The van der Waals surface area contributed by atoms with Crippen molar-refractivity contribution in [1.29, 1.82) is 5.26 Å². The van der Waals surface area contributed by atoms with Gasteiger partial charge in [-0.1, -0.05) is 18.2 Å². The molecule has 2 N–H and O–H groups in total. The van der Waals surface area contributed by atoms with Crippen molar-refractivity contribution in [3.63, 3.8) is 0 Å². The molecule has 2 amide bonds. The van der Waals surface area contributed by atoms with E-state index in [0.29, 0.717) is 30.2 Å². The lowest BCUT2D eigenvalue weighted by molar-refractivity contribution is 0.222. The normalized spacial score (nSPS) is 15.0. The Kier molecular flexibility index (Phi) is 4.87. The number of fused-ring (bicyclic) bond motifs is 1. The number of aryl methyl sites for hydroxylation is 2. The third-order valence-electron chi connectivity index (χ3n) is 4.76. The average Bonchev–Trinajstić information content (AvgIpc) is 3.08. The monoisotopic (exact) mass is 388 g/mol. The Morgan fingerprint density at radius 1 is 1.28 bits per heavy atom. The molecule has 1 atom stereocenters. The van der Waals surface area contributed by atoms with Gasteiger partial charge in [-0.25, -0.2) is 14.5 Å². The van der Waals surface area contributed by atoms with Crippen LogP contribution in [0.25, 0.3) is 5.82 Å². The molecule has 0 radical (unpaired) electrons. The van der Waals surface area contributed by atoms with E-state index in [4.69, 9.17) is 10.00 Å². The first kappa shape index (κ1) is 18.5. The van der Waals surface area contributed by atoms with Gasteiger partial charge in [0.05, 0.1) is 11.6 Å². The number of aromatic nitrogens is 3. The van der Waals surface area contributed by atoms with Crippen LogP contribution in [0.1, 0.15) is 22.3 Å². The van der Waals surface area contributed by atoms with E-state index in [2.05, 4.69) is 20.7 Å². The molecule has 29 heavy (non-hydrogen) atoms. The van der Waals surface area contributed by atoms with Crippen LogP contribution in [0.15, 0.2) is 42.7 Å². The van der Waals surface area contributed by atoms with E-state index in [-0.39, 0.29) is 12.1 Å². The number of carbonyl (C=O) groups excluding carboxylic acids is 1. The summed E-state index contributed by atoms with van der Waals surface area (Å²) in [6, 6.07) is 11.0. The van der Waals surface area contributed by atoms with Gasteiger partial charge in [0.25, 0.3) is 0 Å². The Morgan fingerprint density at radius 3 is 2.90 bits per heavy atom. The van der Waals surface area contributed by atoms with Crippen LogP contribution in [0.3, 0.4) is 0 Å². The van der Waals surface area contributed by atoms with Crippen molar-refractivity contribution in [2.45, 2.75) is 26.3 Å². The van der Waals surface area contributed by atoms with E-state index in [1.165, 1.54) is 6.20 Å². The molecule has 4 rings (SSSR count). The van der Waals surface area contributed by atoms with Gasteiger partial charge in [0.2, 0.25) is 0 Å². The first-order valence-electron chi connectivity index (χ1n) is 9.25. The third-order valence-corrected chi connectivity index (χ3v) is 4.76. The number of benzene rings is 1. The van der Waals surface area contributed by atoms with Gasteiger partial charge < -0.3 is 10.1 Å². The summed E-state index contributed by atoms with van der Waals surface area (Å²) in [5.74, 6) is 1.92. The van der Waals surface area contributed by atoms with Crippen molar-refractivity contribution < 1.29 is 9.53 Å². The quantitative estimate of drug-likeness (QED) is 0.718. The number of carbonyl (C=O) groups is 1. The SMILES string of the molecule is Cc1cn(-c2ccc(C#N)cn2)nc1NC(=O)NC1COc2c(C)cccc2C1. The molecule has 8 nitrogen and oxygen atoms in total.